The molecule has 148 valence electrons. The van der Waals surface area contributed by atoms with Crippen molar-refractivity contribution in [3.8, 4) is 0 Å². The van der Waals surface area contributed by atoms with Gasteiger partial charge in [-0.3, -0.25) is 14.9 Å². The average Bonchev–Trinajstić information content (AvgIpc) is 3.36. The minimum Gasteiger partial charge on any atom is -0.312 e. The first-order valence-electron chi connectivity index (χ1n) is 9.29. The van der Waals surface area contributed by atoms with Crippen LogP contribution in [0.5, 0.6) is 0 Å². The van der Waals surface area contributed by atoms with Crippen molar-refractivity contribution in [3.63, 3.8) is 0 Å². The molecule has 0 aliphatic carbocycles. The number of para-hydroxylation sites is 1. The van der Waals surface area contributed by atoms with E-state index in [1.54, 1.807) is 16.7 Å². The standard InChI is InChI=1S/C21H20N4O2S2/c26-18(14-28-13-15-7-3-1-4-8-15)22-21-24-23-20(29-21)16-11-19(27)25(12-16)17-9-5-2-6-10-17/h1-10,16H,11-14H2,(H,22,24,26). The number of carbonyl (C=O) groups is 2. The highest BCUT2D eigenvalue weighted by Gasteiger charge is 2.33. The lowest BCUT2D eigenvalue weighted by atomic mass is 10.1. The maximum absolute atomic E-state index is 12.4. The van der Waals surface area contributed by atoms with Gasteiger partial charge in [-0.15, -0.1) is 22.0 Å². The summed E-state index contributed by atoms with van der Waals surface area (Å²) in [4.78, 5) is 26.3. The topological polar surface area (TPSA) is 75.2 Å². The van der Waals surface area contributed by atoms with Gasteiger partial charge in [0, 0.05) is 30.3 Å². The predicted molar refractivity (Wildman–Crippen MR) is 117 cm³/mol. The fourth-order valence-corrected chi connectivity index (χ4v) is 4.81. The molecular weight excluding hydrogens is 404 g/mol. The summed E-state index contributed by atoms with van der Waals surface area (Å²) in [6, 6.07) is 19.7. The van der Waals surface area contributed by atoms with Crippen LogP contribution in [0.2, 0.25) is 0 Å². The van der Waals surface area contributed by atoms with Crippen molar-refractivity contribution in [2.75, 3.05) is 22.5 Å². The zero-order chi connectivity index (χ0) is 20.1. The highest BCUT2D eigenvalue weighted by atomic mass is 32.2. The Bertz CT molecular complexity index is 979. The van der Waals surface area contributed by atoms with Gasteiger partial charge < -0.3 is 4.90 Å². The Balaban J connectivity index is 1.29. The molecular formula is C21H20N4O2S2. The fraction of sp³-hybridized carbons (Fsp3) is 0.238. The largest absolute Gasteiger partial charge is 0.312 e. The van der Waals surface area contributed by atoms with Gasteiger partial charge in [0.05, 0.1) is 5.75 Å². The number of anilines is 2. The lowest BCUT2D eigenvalue weighted by Crippen LogP contribution is -2.24. The molecule has 2 aromatic carbocycles. The van der Waals surface area contributed by atoms with Gasteiger partial charge in [0.15, 0.2) is 0 Å². The Morgan fingerprint density at radius 3 is 2.59 bits per heavy atom. The van der Waals surface area contributed by atoms with Crippen LogP contribution in [-0.2, 0) is 15.3 Å². The van der Waals surface area contributed by atoms with Crippen LogP contribution in [0.15, 0.2) is 60.7 Å². The van der Waals surface area contributed by atoms with Crippen LogP contribution in [0, 0.1) is 0 Å². The molecule has 1 saturated heterocycles. The first kappa shape index (κ1) is 19.6. The van der Waals surface area contributed by atoms with Crippen molar-refractivity contribution >= 4 is 45.7 Å². The van der Waals surface area contributed by atoms with Crippen molar-refractivity contribution in [1.82, 2.24) is 10.2 Å². The Hall–Kier alpha value is -2.71. The molecule has 6 nitrogen and oxygen atoms in total. The monoisotopic (exact) mass is 424 g/mol. The van der Waals surface area contributed by atoms with Crippen LogP contribution in [-0.4, -0.2) is 34.3 Å². The number of amides is 2. The smallest absolute Gasteiger partial charge is 0.236 e. The first-order chi connectivity index (χ1) is 14.2. The predicted octanol–water partition coefficient (Wildman–Crippen LogP) is 3.93. The van der Waals surface area contributed by atoms with E-state index in [0.717, 1.165) is 16.4 Å². The highest BCUT2D eigenvalue weighted by molar-refractivity contribution is 7.99. The van der Waals surface area contributed by atoms with Gasteiger partial charge in [0.1, 0.15) is 5.01 Å². The van der Waals surface area contributed by atoms with Gasteiger partial charge in [0.25, 0.3) is 0 Å². The molecule has 0 bridgehead atoms. The number of aromatic nitrogens is 2. The zero-order valence-corrected chi connectivity index (χ0v) is 17.3. The zero-order valence-electron chi connectivity index (χ0n) is 15.7. The van der Waals surface area contributed by atoms with Crippen molar-refractivity contribution in [1.29, 1.82) is 0 Å². The maximum Gasteiger partial charge on any atom is 0.236 e. The summed E-state index contributed by atoms with van der Waals surface area (Å²) >= 11 is 2.90. The number of rotatable bonds is 7. The van der Waals surface area contributed by atoms with E-state index < -0.39 is 0 Å². The molecule has 1 atom stereocenters. The van der Waals surface area contributed by atoms with Gasteiger partial charge in [0.2, 0.25) is 16.9 Å². The summed E-state index contributed by atoms with van der Waals surface area (Å²) in [7, 11) is 0. The average molecular weight is 425 g/mol. The van der Waals surface area contributed by atoms with E-state index in [1.807, 2.05) is 60.7 Å². The number of carbonyl (C=O) groups excluding carboxylic acids is 2. The molecule has 3 aromatic rings. The number of thioether (sulfide) groups is 1. The second kappa shape index (κ2) is 9.19. The lowest BCUT2D eigenvalue weighted by molar-refractivity contribution is -0.117. The fourth-order valence-electron chi connectivity index (χ4n) is 3.17. The number of nitrogens with zero attached hydrogens (tertiary/aromatic N) is 3. The molecule has 8 heteroatoms. The minimum atomic E-state index is -0.0953. The van der Waals surface area contributed by atoms with Crippen molar-refractivity contribution in [2.45, 2.75) is 18.1 Å². The second-order valence-electron chi connectivity index (χ2n) is 6.71. The van der Waals surface area contributed by atoms with Crippen molar-refractivity contribution in [3.05, 3.63) is 71.2 Å². The first-order valence-corrected chi connectivity index (χ1v) is 11.3. The maximum atomic E-state index is 12.4. The molecule has 29 heavy (non-hydrogen) atoms. The second-order valence-corrected chi connectivity index (χ2v) is 8.71. The summed E-state index contributed by atoms with van der Waals surface area (Å²) in [6.07, 6.45) is 0.407. The molecule has 0 radical (unpaired) electrons. The highest BCUT2D eigenvalue weighted by Crippen LogP contribution is 2.34. The van der Waals surface area contributed by atoms with E-state index in [9.17, 15) is 9.59 Å². The Morgan fingerprint density at radius 1 is 1.10 bits per heavy atom. The molecule has 1 aromatic heterocycles. The van der Waals surface area contributed by atoms with E-state index in [0.29, 0.717) is 23.8 Å². The van der Waals surface area contributed by atoms with Gasteiger partial charge in [-0.2, -0.15) is 0 Å². The molecule has 4 rings (SSSR count). The summed E-state index contributed by atoms with van der Waals surface area (Å²) in [5, 5.41) is 12.4. The summed E-state index contributed by atoms with van der Waals surface area (Å²) < 4.78 is 0. The molecule has 1 aliphatic rings. The molecule has 1 unspecified atom stereocenters. The number of benzene rings is 2. The van der Waals surface area contributed by atoms with Crippen LogP contribution in [0.1, 0.15) is 22.9 Å². The third-order valence-corrected chi connectivity index (χ3v) is 6.58. The third kappa shape index (κ3) is 5.02. The van der Waals surface area contributed by atoms with Crippen LogP contribution in [0.4, 0.5) is 10.8 Å². The van der Waals surface area contributed by atoms with Crippen molar-refractivity contribution in [2.24, 2.45) is 0 Å². The van der Waals surface area contributed by atoms with E-state index in [2.05, 4.69) is 15.5 Å². The van der Waals surface area contributed by atoms with E-state index in [4.69, 9.17) is 0 Å². The summed E-state index contributed by atoms with van der Waals surface area (Å²) in [6.45, 7) is 0.582. The molecule has 0 saturated carbocycles. The van der Waals surface area contributed by atoms with Crippen LogP contribution in [0.25, 0.3) is 0 Å². The number of nitrogens with one attached hydrogen (secondary N) is 1. The number of hydrogen-bond acceptors (Lipinski definition) is 6. The Labute approximate surface area is 177 Å². The molecule has 0 spiro atoms. The van der Waals surface area contributed by atoms with Gasteiger partial charge >= 0.3 is 0 Å². The Morgan fingerprint density at radius 2 is 1.83 bits per heavy atom. The van der Waals surface area contributed by atoms with Gasteiger partial charge in [-0.05, 0) is 17.7 Å². The van der Waals surface area contributed by atoms with Gasteiger partial charge in [-0.25, -0.2) is 0 Å². The molecule has 2 heterocycles. The third-order valence-electron chi connectivity index (χ3n) is 4.57. The minimum absolute atomic E-state index is 0.00156. The lowest BCUT2D eigenvalue weighted by Gasteiger charge is -2.15. The van der Waals surface area contributed by atoms with Crippen LogP contribution in [0.3, 0.4) is 0 Å². The van der Waals surface area contributed by atoms with Gasteiger partial charge in [-0.1, -0.05) is 59.9 Å². The van der Waals surface area contributed by atoms with Crippen LogP contribution < -0.4 is 10.2 Å². The summed E-state index contributed by atoms with van der Waals surface area (Å²) in [5.41, 5.74) is 2.09. The quantitative estimate of drug-likeness (QED) is 0.622. The molecule has 1 N–H and O–H groups in total. The SMILES string of the molecule is O=C(CSCc1ccccc1)Nc1nnc(C2CC(=O)N(c3ccccc3)C2)s1. The van der Waals surface area contributed by atoms with E-state index in [-0.39, 0.29) is 17.7 Å². The Kier molecular flexibility index (Phi) is 6.21. The van der Waals surface area contributed by atoms with E-state index >= 15 is 0 Å². The summed E-state index contributed by atoms with van der Waals surface area (Å²) in [5.74, 6) is 1.13. The number of hydrogen-bond donors (Lipinski definition) is 1. The molecule has 1 fully saturated rings. The van der Waals surface area contributed by atoms with Crippen molar-refractivity contribution < 1.29 is 9.59 Å². The van der Waals surface area contributed by atoms with Crippen LogP contribution >= 0.6 is 23.1 Å². The molecule has 1 aliphatic heterocycles. The normalized spacial score (nSPS) is 16.2. The molecule has 2 amide bonds. The van der Waals surface area contributed by atoms with E-state index in [1.165, 1.54) is 16.9 Å².